The number of H-pyrrole nitrogens is 1. The highest BCUT2D eigenvalue weighted by atomic mass is 32.1. The zero-order chi connectivity index (χ0) is 13.1. The average Bonchev–Trinajstić information content (AvgIpc) is 2.96. The van der Waals surface area contributed by atoms with Gasteiger partial charge in [0.1, 0.15) is 5.69 Å². The summed E-state index contributed by atoms with van der Waals surface area (Å²) >= 11 is 1.65. The van der Waals surface area contributed by atoms with E-state index in [4.69, 9.17) is 0 Å². The third-order valence-corrected chi connectivity index (χ3v) is 4.78. The smallest absolute Gasteiger partial charge is 0.267 e. The van der Waals surface area contributed by atoms with Gasteiger partial charge in [-0.15, -0.1) is 11.3 Å². The van der Waals surface area contributed by atoms with Crippen molar-refractivity contribution in [2.45, 2.75) is 38.5 Å². The van der Waals surface area contributed by atoms with Crippen molar-refractivity contribution in [3.8, 4) is 10.6 Å². The second-order valence-electron chi connectivity index (χ2n) is 5.29. The summed E-state index contributed by atoms with van der Waals surface area (Å²) < 4.78 is 0. The van der Waals surface area contributed by atoms with Crippen LogP contribution in [-0.2, 0) is 6.42 Å². The van der Waals surface area contributed by atoms with Crippen molar-refractivity contribution in [2.75, 3.05) is 0 Å². The lowest BCUT2D eigenvalue weighted by atomic mass is 9.85. The summed E-state index contributed by atoms with van der Waals surface area (Å²) in [4.78, 5) is 13.0. The van der Waals surface area contributed by atoms with Crippen molar-refractivity contribution in [1.29, 1.82) is 0 Å². The Morgan fingerprint density at radius 3 is 2.80 bits per heavy atom. The molecule has 0 unspecified atom stereocenters. The normalized spacial score (nSPS) is 15.8. The molecule has 2 heterocycles. The number of aromatic nitrogens is 2. The molecule has 0 aromatic carbocycles. The molecule has 3 N–H and O–H groups in total. The van der Waals surface area contributed by atoms with Crippen molar-refractivity contribution in [2.24, 2.45) is 5.92 Å². The molecule has 20 heavy (non-hydrogen) atoms. The maximum atomic E-state index is 11.9. The fourth-order valence-electron chi connectivity index (χ4n) is 2.85. The van der Waals surface area contributed by atoms with Crippen LogP contribution in [0.5, 0.6) is 0 Å². The van der Waals surface area contributed by atoms with Gasteiger partial charge < -0.3 is 5.48 Å². The van der Waals surface area contributed by atoms with Gasteiger partial charge in [-0.05, 0) is 29.9 Å². The molecule has 1 saturated carbocycles. The molecule has 0 bridgehead atoms. The van der Waals surface area contributed by atoms with Crippen LogP contribution in [0.25, 0.3) is 10.6 Å². The lowest BCUT2D eigenvalue weighted by molar-refractivity contribution is 0.355. The van der Waals surface area contributed by atoms with E-state index in [1.165, 1.54) is 32.1 Å². The Balaban J connectivity index is 0.00000147. The van der Waals surface area contributed by atoms with Crippen LogP contribution < -0.4 is 5.56 Å². The lowest BCUT2D eigenvalue weighted by Crippen LogP contribution is -2.19. The molecular formula is C15H20N2O2S. The molecule has 2 aromatic heterocycles. The first-order chi connectivity index (χ1) is 9.33. The Bertz CT molecular complexity index is 586. The number of hydrogen-bond acceptors (Lipinski definition) is 3. The van der Waals surface area contributed by atoms with Crippen LogP contribution in [0.3, 0.4) is 0 Å². The predicted molar refractivity (Wildman–Crippen MR) is 82.1 cm³/mol. The quantitative estimate of drug-likeness (QED) is 0.944. The highest BCUT2D eigenvalue weighted by Gasteiger charge is 2.16. The van der Waals surface area contributed by atoms with Crippen LogP contribution >= 0.6 is 11.3 Å². The summed E-state index contributed by atoms with van der Waals surface area (Å²) in [5.41, 5.74) is 1.76. The van der Waals surface area contributed by atoms with E-state index in [1.54, 1.807) is 11.3 Å². The average molecular weight is 292 g/mol. The van der Waals surface area contributed by atoms with Gasteiger partial charge in [-0.25, -0.2) is 5.10 Å². The van der Waals surface area contributed by atoms with Crippen molar-refractivity contribution in [1.82, 2.24) is 10.2 Å². The number of aromatic amines is 1. The summed E-state index contributed by atoms with van der Waals surface area (Å²) in [6, 6.07) is 6.02. The molecule has 0 radical (unpaired) electrons. The lowest BCUT2D eigenvalue weighted by Gasteiger charge is -2.21. The molecule has 5 heteroatoms. The third kappa shape index (κ3) is 3.35. The first kappa shape index (κ1) is 14.9. The van der Waals surface area contributed by atoms with E-state index in [0.29, 0.717) is 5.92 Å². The minimum atomic E-state index is -0.0223. The standard InChI is InChI=1S/C15H18N2OS.H2O/c18-15-12(9-11-5-2-1-3-6-11)10-13(16-17-15)14-7-4-8-19-14;/h4,7-8,10-11H,1-3,5-6,9H2,(H,17,18);1H2. The number of thiophene rings is 1. The molecule has 1 fully saturated rings. The highest BCUT2D eigenvalue weighted by molar-refractivity contribution is 7.13. The van der Waals surface area contributed by atoms with E-state index in [2.05, 4.69) is 10.2 Å². The predicted octanol–water partition coefficient (Wildman–Crippen LogP) is 2.80. The number of nitrogens with zero attached hydrogens (tertiary/aromatic N) is 1. The molecule has 4 nitrogen and oxygen atoms in total. The molecule has 1 aliphatic carbocycles. The van der Waals surface area contributed by atoms with E-state index < -0.39 is 0 Å². The number of hydrogen-bond donors (Lipinski definition) is 1. The molecule has 108 valence electrons. The van der Waals surface area contributed by atoms with Crippen molar-refractivity contribution in [3.63, 3.8) is 0 Å². The summed E-state index contributed by atoms with van der Waals surface area (Å²) in [6.45, 7) is 0. The van der Waals surface area contributed by atoms with E-state index in [9.17, 15) is 4.79 Å². The van der Waals surface area contributed by atoms with E-state index >= 15 is 0 Å². The topological polar surface area (TPSA) is 77.2 Å². The van der Waals surface area contributed by atoms with Gasteiger partial charge in [0.05, 0.1) is 4.88 Å². The molecule has 1 aliphatic rings. The Hall–Kier alpha value is -1.46. The van der Waals surface area contributed by atoms with Gasteiger partial charge in [0.15, 0.2) is 0 Å². The Morgan fingerprint density at radius 1 is 1.30 bits per heavy atom. The molecular weight excluding hydrogens is 272 g/mol. The van der Waals surface area contributed by atoms with Gasteiger partial charge in [0.2, 0.25) is 0 Å². The van der Waals surface area contributed by atoms with Gasteiger partial charge in [-0.3, -0.25) is 4.79 Å². The minimum Gasteiger partial charge on any atom is -0.412 e. The summed E-state index contributed by atoms with van der Waals surface area (Å²) in [5, 5.41) is 8.83. The number of nitrogens with one attached hydrogen (secondary N) is 1. The monoisotopic (exact) mass is 292 g/mol. The Morgan fingerprint density at radius 2 is 2.10 bits per heavy atom. The molecule has 0 aliphatic heterocycles. The van der Waals surface area contributed by atoms with E-state index in [0.717, 1.165) is 22.6 Å². The maximum Gasteiger partial charge on any atom is 0.267 e. The van der Waals surface area contributed by atoms with Crippen LogP contribution in [0.2, 0.25) is 0 Å². The van der Waals surface area contributed by atoms with Crippen LogP contribution in [-0.4, -0.2) is 15.7 Å². The summed E-state index contributed by atoms with van der Waals surface area (Å²) in [7, 11) is 0. The fraction of sp³-hybridized carbons (Fsp3) is 0.467. The zero-order valence-electron chi connectivity index (χ0n) is 11.4. The second kappa shape index (κ2) is 6.81. The number of rotatable bonds is 3. The Labute approximate surface area is 122 Å². The molecule has 0 amide bonds. The van der Waals surface area contributed by atoms with Gasteiger partial charge in [0, 0.05) is 5.56 Å². The van der Waals surface area contributed by atoms with E-state index in [-0.39, 0.29) is 11.0 Å². The summed E-state index contributed by atoms with van der Waals surface area (Å²) in [5.74, 6) is 0.674. The van der Waals surface area contributed by atoms with Crippen molar-refractivity contribution < 1.29 is 5.48 Å². The molecule has 0 spiro atoms. The highest BCUT2D eigenvalue weighted by Crippen LogP contribution is 2.27. The zero-order valence-corrected chi connectivity index (χ0v) is 12.2. The van der Waals surface area contributed by atoms with E-state index in [1.807, 2.05) is 23.6 Å². The SMILES string of the molecule is O.O=c1[nH]nc(-c2cccs2)cc1CC1CCCCC1. The maximum absolute atomic E-state index is 11.9. The molecule has 0 atom stereocenters. The van der Waals surface area contributed by atoms with Crippen LogP contribution in [0, 0.1) is 5.92 Å². The third-order valence-electron chi connectivity index (χ3n) is 3.89. The Kier molecular flexibility index (Phi) is 5.09. The fourth-order valence-corrected chi connectivity index (χ4v) is 3.54. The second-order valence-corrected chi connectivity index (χ2v) is 6.24. The van der Waals surface area contributed by atoms with Crippen LogP contribution in [0.4, 0.5) is 0 Å². The van der Waals surface area contributed by atoms with Gasteiger partial charge >= 0.3 is 0 Å². The molecule has 0 saturated heterocycles. The van der Waals surface area contributed by atoms with Gasteiger partial charge in [-0.1, -0.05) is 38.2 Å². The first-order valence-corrected chi connectivity index (χ1v) is 7.83. The molecule has 3 rings (SSSR count). The van der Waals surface area contributed by atoms with Crippen molar-refractivity contribution in [3.05, 3.63) is 39.5 Å². The summed E-state index contributed by atoms with van der Waals surface area (Å²) in [6.07, 6.45) is 7.39. The first-order valence-electron chi connectivity index (χ1n) is 6.95. The van der Waals surface area contributed by atoms with Crippen LogP contribution in [0.15, 0.2) is 28.4 Å². The van der Waals surface area contributed by atoms with Crippen molar-refractivity contribution >= 4 is 11.3 Å². The van der Waals surface area contributed by atoms with Gasteiger partial charge in [0.25, 0.3) is 5.56 Å². The van der Waals surface area contributed by atoms with Crippen LogP contribution in [0.1, 0.15) is 37.7 Å². The molecule has 2 aromatic rings. The van der Waals surface area contributed by atoms with Gasteiger partial charge in [-0.2, -0.15) is 5.10 Å². The minimum absolute atomic E-state index is 0. The largest absolute Gasteiger partial charge is 0.412 e.